The number of H-pyrrole nitrogens is 1. The highest BCUT2D eigenvalue weighted by molar-refractivity contribution is 5.89. The van der Waals surface area contributed by atoms with Crippen LogP contribution in [0, 0.1) is 5.92 Å². The van der Waals surface area contributed by atoms with E-state index >= 15 is 0 Å². The second kappa shape index (κ2) is 8.78. The fourth-order valence-corrected chi connectivity index (χ4v) is 2.21. The van der Waals surface area contributed by atoms with Gasteiger partial charge in [-0.2, -0.15) is 0 Å². The first-order valence-corrected chi connectivity index (χ1v) is 7.90. The van der Waals surface area contributed by atoms with E-state index in [1.807, 2.05) is 49.6 Å². The molecule has 1 aromatic carbocycles. The smallest absolute Gasteiger partial charge is 0.408 e. The van der Waals surface area contributed by atoms with Crippen LogP contribution in [-0.4, -0.2) is 27.2 Å². The van der Waals surface area contributed by atoms with Crippen molar-refractivity contribution in [3.63, 3.8) is 0 Å². The molecule has 25 heavy (non-hydrogen) atoms. The molecule has 134 valence electrons. The summed E-state index contributed by atoms with van der Waals surface area (Å²) in [6.45, 7) is 4.18. The van der Waals surface area contributed by atoms with E-state index in [2.05, 4.69) is 20.5 Å². The number of nitrogens with one attached hydrogen (secondary N) is 3. The average Bonchev–Trinajstić information content (AvgIpc) is 3.09. The van der Waals surface area contributed by atoms with Crippen LogP contribution < -0.4 is 16.6 Å². The second-order valence-corrected chi connectivity index (χ2v) is 5.91. The normalized spacial score (nSPS) is 11.8. The lowest BCUT2D eigenvalue weighted by molar-refractivity contribution is 0.0943. The van der Waals surface area contributed by atoms with Gasteiger partial charge in [-0.05, 0) is 17.9 Å². The minimum atomic E-state index is -0.613. The number of benzene rings is 1. The number of hydrazine groups is 1. The van der Waals surface area contributed by atoms with Crippen LogP contribution in [0.1, 0.15) is 48.3 Å². The first kappa shape index (κ1) is 18.4. The largest absolute Gasteiger partial charge is 0.445 e. The molecule has 0 aliphatic rings. The van der Waals surface area contributed by atoms with Crippen molar-refractivity contribution < 1.29 is 14.3 Å². The first-order valence-electron chi connectivity index (χ1n) is 7.90. The van der Waals surface area contributed by atoms with Gasteiger partial charge in [0.25, 0.3) is 0 Å². The molecule has 0 fully saturated rings. The zero-order chi connectivity index (χ0) is 18.2. The highest BCUT2D eigenvalue weighted by Gasteiger charge is 2.22. The molecule has 9 nitrogen and oxygen atoms in total. The van der Waals surface area contributed by atoms with E-state index in [0.717, 1.165) is 5.56 Å². The Bertz CT molecular complexity index is 701. The Balaban J connectivity index is 2.00. The van der Waals surface area contributed by atoms with E-state index in [1.54, 1.807) is 0 Å². The number of aromatic amines is 1. The van der Waals surface area contributed by atoms with Gasteiger partial charge in [0.05, 0.1) is 6.04 Å². The van der Waals surface area contributed by atoms with Gasteiger partial charge in [-0.3, -0.25) is 15.3 Å². The van der Waals surface area contributed by atoms with E-state index in [-0.39, 0.29) is 18.3 Å². The van der Waals surface area contributed by atoms with Gasteiger partial charge in [-0.15, -0.1) is 5.10 Å². The molecule has 0 radical (unpaired) electrons. The number of aromatic nitrogens is 3. The SMILES string of the molecule is CC(C)C[C@H](NC(=O)OCc1ccccc1)c1nc(C(=O)NN)n[nH]1. The number of amides is 2. The molecule has 0 aliphatic carbocycles. The van der Waals surface area contributed by atoms with Crippen molar-refractivity contribution in [3.8, 4) is 0 Å². The van der Waals surface area contributed by atoms with Gasteiger partial charge in [0.2, 0.25) is 5.82 Å². The predicted molar refractivity (Wildman–Crippen MR) is 90.0 cm³/mol. The van der Waals surface area contributed by atoms with Crippen LogP contribution >= 0.6 is 0 Å². The zero-order valence-electron chi connectivity index (χ0n) is 14.2. The third kappa shape index (κ3) is 5.57. The van der Waals surface area contributed by atoms with Crippen LogP contribution in [0.15, 0.2) is 30.3 Å². The fourth-order valence-electron chi connectivity index (χ4n) is 2.21. The fraction of sp³-hybridized carbons (Fsp3) is 0.375. The first-order chi connectivity index (χ1) is 12.0. The molecule has 0 spiro atoms. The molecule has 5 N–H and O–H groups in total. The molecule has 0 aliphatic heterocycles. The van der Waals surface area contributed by atoms with Crippen LogP contribution in [-0.2, 0) is 11.3 Å². The van der Waals surface area contributed by atoms with Crippen LogP contribution in [0.3, 0.4) is 0 Å². The van der Waals surface area contributed by atoms with E-state index in [4.69, 9.17) is 10.6 Å². The Morgan fingerprint density at radius 3 is 2.64 bits per heavy atom. The Morgan fingerprint density at radius 2 is 2.00 bits per heavy atom. The van der Waals surface area contributed by atoms with Gasteiger partial charge in [0.1, 0.15) is 12.4 Å². The number of hydrogen-bond donors (Lipinski definition) is 4. The Kier molecular flexibility index (Phi) is 6.47. The van der Waals surface area contributed by atoms with Crippen LogP contribution in [0.2, 0.25) is 0 Å². The van der Waals surface area contributed by atoms with Gasteiger partial charge in [-0.1, -0.05) is 44.2 Å². The lowest BCUT2D eigenvalue weighted by Crippen LogP contribution is -2.32. The van der Waals surface area contributed by atoms with E-state index in [9.17, 15) is 9.59 Å². The number of nitrogen functional groups attached to an aromatic ring is 1. The quantitative estimate of drug-likeness (QED) is 0.340. The number of alkyl carbamates (subject to hydrolysis) is 1. The standard InChI is InChI=1S/C16H22N6O3/c1-10(2)8-12(13-19-14(22-21-13)15(23)20-17)18-16(24)25-9-11-6-4-3-5-7-11/h3-7,10,12H,8-9,17H2,1-2H3,(H,18,24)(H,20,23)(H,19,21,22)/t12-/m0/s1. The lowest BCUT2D eigenvalue weighted by Gasteiger charge is -2.18. The van der Waals surface area contributed by atoms with Gasteiger partial charge in [0, 0.05) is 0 Å². The van der Waals surface area contributed by atoms with E-state index in [0.29, 0.717) is 12.2 Å². The van der Waals surface area contributed by atoms with Gasteiger partial charge >= 0.3 is 12.0 Å². The Labute approximate surface area is 145 Å². The minimum absolute atomic E-state index is 0.0919. The molecule has 1 aromatic heterocycles. The summed E-state index contributed by atoms with van der Waals surface area (Å²) >= 11 is 0. The summed E-state index contributed by atoms with van der Waals surface area (Å²) in [5.74, 6) is 5.00. The highest BCUT2D eigenvalue weighted by Crippen LogP contribution is 2.18. The van der Waals surface area contributed by atoms with Crippen molar-refractivity contribution in [3.05, 3.63) is 47.5 Å². The Hall–Kier alpha value is -2.94. The maximum absolute atomic E-state index is 12.1. The number of ether oxygens (including phenoxy) is 1. The van der Waals surface area contributed by atoms with Gasteiger partial charge in [-0.25, -0.2) is 15.6 Å². The molecule has 0 saturated carbocycles. The maximum Gasteiger partial charge on any atom is 0.408 e. The summed E-state index contributed by atoms with van der Waals surface area (Å²) in [7, 11) is 0. The molecular weight excluding hydrogens is 324 g/mol. The molecule has 1 atom stereocenters. The average molecular weight is 346 g/mol. The Morgan fingerprint density at radius 1 is 1.28 bits per heavy atom. The van der Waals surface area contributed by atoms with Crippen molar-refractivity contribution in [2.45, 2.75) is 32.9 Å². The number of hydrogen-bond acceptors (Lipinski definition) is 6. The molecule has 9 heteroatoms. The summed E-state index contributed by atoms with van der Waals surface area (Å²) in [6.07, 6.45) is 0.0231. The summed E-state index contributed by atoms with van der Waals surface area (Å²) in [6, 6.07) is 8.91. The van der Waals surface area contributed by atoms with Crippen molar-refractivity contribution in [1.82, 2.24) is 25.9 Å². The number of rotatable bonds is 7. The third-order valence-corrected chi connectivity index (χ3v) is 3.38. The molecule has 2 aromatic rings. The molecule has 0 unspecified atom stereocenters. The van der Waals surface area contributed by atoms with E-state index in [1.165, 1.54) is 0 Å². The highest BCUT2D eigenvalue weighted by atomic mass is 16.5. The van der Waals surface area contributed by atoms with Crippen LogP contribution in [0.4, 0.5) is 4.79 Å². The van der Waals surface area contributed by atoms with Crippen LogP contribution in [0.5, 0.6) is 0 Å². The van der Waals surface area contributed by atoms with Crippen molar-refractivity contribution in [2.24, 2.45) is 11.8 Å². The predicted octanol–water partition coefficient (Wildman–Crippen LogP) is 1.42. The van der Waals surface area contributed by atoms with Crippen molar-refractivity contribution in [2.75, 3.05) is 0 Å². The monoisotopic (exact) mass is 346 g/mol. The maximum atomic E-state index is 12.1. The summed E-state index contributed by atoms with van der Waals surface area (Å²) in [4.78, 5) is 27.6. The number of nitrogens with zero attached hydrogens (tertiary/aromatic N) is 2. The molecule has 1 heterocycles. The molecule has 2 amide bonds. The molecule has 2 rings (SSSR count). The van der Waals surface area contributed by atoms with Crippen molar-refractivity contribution in [1.29, 1.82) is 0 Å². The summed E-state index contributed by atoms with van der Waals surface area (Å²) in [5.41, 5.74) is 2.85. The van der Waals surface area contributed by atoms with E-state index < -0.39 is 18.0 Å². The summed E-state index contributed by atoms with van der Waals surface area (Å²) < 4.78 is 5.23. The number of nitrogens with two attached hydrogens (primary N) is 1. The summed E-state index contributed by atoms with van der Waals surface area (Å²) in [5, 5.41) is 9.20. The van der Waals surface area contributed by atoms with Crippen molar-refractivity contribution >= 4 is 12.0 Å². The topological polar surface area (TPSA) is 135 Å². The zero-order valence-corrected chi connectivity index (χ0v) is 14.2. The minimum Gasteiger partial charge on any atom is -0.445 e. The molecule has 0 bridgehead atoms. The number of carbonyl (C=O) groups is 2. The molecular formula is C16H22N6O3. The third-order valence-electron chi connectivity index (χ3n) is 3.38. The lowest BCUT2D eigenvalue weighted by atomic mass is 10.0. The molecule has 0 saturated heterocycles. The number of carbonyl (C=O) groups excluding carboxylic acids is 2. The van der Waals surface area contributed by atoms with Gasteiger partial charge < -0.3 is 10.1 Å². The second-order valence-electron chi connectivity index (χ2n) is 5.91. The van der Waals surface area contributed by atoms with Crippen LogP contribution in [0.25, 0.3) is 0 Å². The van der Waals surface area contributed by atoms with Gasteiger partial charge in [0.15, 0.2) is 0 Å².